The smallest absolute Gasteiger partial charge is 0.137 e. The number of fused-ring (bicyclic) bond motifs is 1. The third-order valence-electron chi connectivity index (χ3n) is 4.29. The van der Waals surface area contributed by atoms with Gasteiger partial charge in [0.25, 0.3) is 0 Å². The van der Waals surface area contributed by atoms with E-state index in [0.29, 0.717) is 24.2 Å². The summed E-state index contributed by atoms with van der Waals surface area (Å²) in [5, 5.41) is 1.09. The van der Waals surface area contributed by atoms with E-state index in [-0.39, 0.29) is 5.82 Å². The summed E-state index contributed by atoms with van der Waals surface area (Å²) in [5.74, 6) is 0.490. The Bertz CT molecular complexity index is 986. The molecule has 0 saturated carbocycles. The van der Waals surface area contributed by atoms with Gasteiger partial charge in [-0.1, -0.05) is 18.2 Å². The van der Waals surface area contributed by atoms with E-state index in [2.05, 4.69) is 29.0 Å². The summed E-state index contributed by atoms with van der Waals surface area (Å²) in [7, 11) is 0. The van der Waals surface area contributed by atoms with E-state index in [4.69, 9.17) is 4.42 Å². The number of nitrogens with one attached hydrogen (secondary N) is 1. The van der Waals surface area contributed by atoms with E-state index in [0.717, 1.165) is 22.1 Å². The summed E-state index contributed by atoms with van der Waals surface area (Å²) in [6.07, 6.45) is 6.42. The molecule has 0 aliphatic heterocycles. The van der Waals surface area contributed by atoms with Crippen LogP contribution in [0.25, 0.3) is 22.4 Å². The van der Waals surface area contributed by atoms with Crippen molar-refractivity contribution in [2.75, 3.05) is 0 Å². The van der Waals surface area contributed by atoms with Crippen molar-refractivity contribution in [2.24, 2.45) is 0 Å². The van der Waals surface area contributed by atoms with Crippen molar-refractivity contribution in [1.82, 2.24) is 9.97 Å². The molecule has 0 saturated heterocycles. The molecule has 0 unspecified atom stereocenters. The SMILES string of the molecule is Cc1cc(CCc2c(F)cccc2-c2ncc[nH]2)c2occc2c1. The molecule has 120 valence electrons. The minimum absolute atomic E-state index is 0.202. The second kappa shape index (κ2) is 5.96. The maximum absolute atomic E-state index is 14.4. The zero-order valence-corrected chi connectivity index (χ0v) is 13.3. The minimum atomic E-state index is -0.202. The second-order valence-electron chi connectivity index (χ2n) is 5.97. The largest absolute Gasteiger partial charge is 0.464 e. The van der Waals surface area contributed by atoms with E-state index in [1.54, 1.807) is 24.7 Å². The molecule has 0 atom stereocenters. The molecule has 0 spiro atoms. The highest BCUT2D eigenvalue weighted by Gasteiger charge is 2.13. The first kappa shape index (κ1) is 14.7. The number of benzene rings is 2. The van der Waals surface area contributed by atoms with Gasteiger partial charge in [0, 0.05) is 23.3 Å². The molecule has 2 aromatic carbocycles. The molecule has 3 nitrogen and oxygen atoms in total. The van der Waals surface area contributed by atoms with Crippen LogP contribution in [0.5, 0.6) is 0 Å². The Balaban J connectivity index is 1.70. The fourth-order valence-electron chi connectivity index (χ4n) is 3.21. The van der Waals surface area contributed by atoms with Crippen LogP contribution in [-0.2, 0) is 12.8 Å². The number of aromatic amines is 1. The summed E-state index contributed by atoms with van der Waals surface area (Å²) in [6, 6.07) is 11.3. The van der Waals surface area contributed by atoms with Gasteiger partial charge in [-0.05, 0) is 54.7 Å². The van der Waals surface area contributed by atoms with Gasteiger partial charge >= 0.3 is 0 Å². The number of H-pyrrole nitrogens is 1. The number of rotatable bonds is 4. The molecule has 2 aromatic heterocycles. The van der Waals surface area contributed by atoms with Crippen molar-refractivity contribution >= 4 is 11.0 Å². The minimum Gasteiger partial charge on any atom is -0.464 e. The summed E-state index contributed by atoms with van der Waals surface area (Å²) < 4.78 is 20.0. The summed E-state index contributed by atoms with van der Waals surface area (Å²) in [4.78, 5) is 7.32. The van der Waals surface area contributed by atoms with Crippen molar-refractivity contribution in [3.05, 3.63) is 77.6 Å². The molecule has 4 heteroatoms. The summed E-state index contributed by atoms with van der Waals surface area (Å²) >= 11 is 0. The average molecular weight is 320 g/mol. The van der Waals surface area contributed by atoms with Crippen LogP contribution in [0, 0.1) is 12.7 Å². The predicted octanol–water partition coefficient (Wildman–Crippen LogP) is 5.06. The highest BCUT2D eigenvalue weighted by Crippen LogP contribution is 2.27. The molecule has 0 amide bonds. The summed E-state index contributed by atoms with van der Waals surface area (Å²) in [6.45, 7) is 2.06. The quantitative estimate of drug-likeness (QED) is 0.571. The number of halogens is 1. The number of aryl methyl sites for hydroxylation is 2. The Morgan fingerprint density at radius 1 is 1.17 bits per heavy atom. The molecule has 4 aromatic rings. The highest BCUT2D eigenvalue weighted by atomic mass is 19.1. The van der Waals surface area contributed by atoms with E-state index in [9.17, 15) is 4.39 Å². The van der Waals surface area contributed by atoms with Crippen molar-refractivity contribution in [1.29, 1.82) is 0 Å². The number of hydrogen-bond acceptors (Lipinski definition) is 2. The van der Waals surface area contributed by atoms with E-state index < -0.39 is 0 Å². The molecule has 0 aliphatic carbocycles. The Labute approximate surface area is 139 Å². The van der Waals surface area contributed by atoms with Gasteiger partial charge in [-0.25, -0.2) is 9.37 Å². The van der Waals surface area contributed by atoms with Crippen molar-refractivity contribution in [2.45, 2.75) is 19.8 Å². The third-order valence-corrected chi connectivity index (χ3v) is 4.29. The van der Waals surface area contributed by atoms with Gasteiger partial charge < -0.3 is 9.40 Å². The zero-order chi connectivity index (χ0) is 16.5. The van der Waals surface area contributed by atoms with Crippen molar-refractivity contribution in [3.63, 3.8) is 0 Å². The van der Waals surface area contributed by atoms with Gasteiger partial charge in [0.2, 0.25) is 0 Å². The van der Waals surface area contributed by atoms with Gasteiger partial charge in [-0.15, -0.1) is 0 Å². The van der Waals surface area contributed by atoms with Gasteiger partial charge in [-0.2, -0.15) is 0 Å². The van der Waals surface area contributed by atoms with Crippen LogP contribution in [0.4, 0.5) is 4.39 Å². The fraction of sp³-hybridized carbons (Fsp3) is 0.150. The van der Waals surface area contributed by atoms with Crippen LogP contribution in [0.2, 0.25) is 0 Å². The highest BCUT2D eigenvalue weighted by molar-refractivity contribution is 5.81. The van der Waals surface area contributed by atoms with E-state index >= 15 is 0 Å². The van der Waals surface area contributed by atoms with Crippen molar-refractivity contribution < 1.29 is 8.81 Å². The molecular weight excluding hydrogens is 303 g/mol. The Morgan fingerprint density at radius 3 is 2.92 bits per heavy atom. The Hall–Kier alpha value is -2.88. The average Bonchev–Trinajstić information content (AvgIpc) is 3.24. The first-order chi connectivity index (χ1) is 11.7. The molecule has 4 rings (SSSR count). The second-order valence-corrected chi connectivity index (χ2v) is 5.97. The number of nitrogens with zero attached hydrogens (tertiary/aromatic N) is 1. The Kier molecular flexibility index (Phi) is 3.65. The molecule has 24 heavy (non-hydrogen) atoms. The monoisotopic (exact) mass is 320 g/mol. The van der Waals surface area contributed by atoms with Gasteiger partial charge in [-0.3, -0.25) is 0 Å². The molecule has 2 heterocycles. The van der Waals surface area contributed by atoms with E-state index in [1.807, 2.05) is 12.1 Å². The van der Waals surface area contributed by atoms with Gasteiger partial charge in [0.1, 0.15) is 17.2 Å². The summed E-state index contributed by atoms with van der Waals surface area (Å²) in [5.41, 5.74) is 4.65. The topological polar surface area (TPSA) is 41.8 Å². The van der Waals surface area contributed by atoms with Crippen LogP contribution in [0.15, 0.2) is 59.5 Å². The first-order valence-electron chi connectivity index (χ1n) is 7.96. The predicted molar refractivity (Wildman–Crippen MR) is 92.3 cm³/mol. The van der Waals surface area contributed by atoms with Gasteiger partial charge in [0.05, 0.1) is 6.26 Å². The Morgan fingerprint density at radius 2 is 2.08 bits per heavy atom. The fourth-order valence-corrected chi connectivity index (χ4v) is 3.21. The number of hydrogen-bond donors (Lipinski definition) is 1. The maximum atomic E-state index is 14.4. The number of imidazole rings is 1. The lowest BCUT2D eigenvalue weighted by Gasteiger charge is -2.10. The molecule has 0 aliphatic rings. The van der Waals surface area contributed by atoms with Crippen LogP contribution in [0.3, 0.4) is 0 Å². The molecule has 1 N–H and O–H groups in total. The van der Waals surface area contributed by atoms with Crippen LogP contribution < -0.4 is 0 Å². The number of furan rings is 1. The van der Waals surface area contributed by atoms with Crippen molar-refractivity contribution in [3.8, 4) is 11.4 Å². The van der Waals surface area contributed by atoms with Gasteiger partial charge in [0.15, 0.2) is 0 Å². The zero-order valence-electron chi connectivity index (χ0n) is 13.3. The lowest BCUT2D eigenvalue weighted by Crippen LogP contribution is -1.99. The first-order valence-corrected chi connectivity index (χ1v) is 7.96. The maximum Gasteiger partial charge on any atom is 0.137 e. The van der Waals surface area contributed by atoms with Crippen LogP contribution in [-0.4, -0.2) is 9.97 Å². The van der Waals surface area contributed by atoms with E-state index in [1.165, 1.54) is 11.6 Å². The normalized spacial score (nSPS) is 11.2. The van der Waals surface area contributed by atoms with Crippen LogP contribution >= 0.6 is 0 Å². The number of aromatic nitrogens is 2. The molecule has 0 fully saturated rings. The lowest BCUT2D eigenvalue weighted by molar-refractivity contribution is 0.602. The standard InChI is InChI=1S/C20H17FN2O/c1-13-11-14(19-15(12-13)7-10-24-19)5-6-16-17(3-2-4-18(16)21)20-22-8-9-23-20/h2-4,7-12H,5-6H2,1H3,(H,22,23). The lowest BCUT2D eigenvalue weighted by atomic mass is 9.97. The molecule has 0 radical (unpaired) electrons. The van der Waals surface area contributed by atoms with Crippen LogP contribution in [0.1, 0.15) is 16.7 Å². The molecule has 0 bridgehead atoms. The molecular formula is C20H17FN2O. The third kappa shape index (κ3) is 2.60.